The predicted octanol–water partition coefficient (Wildman–Crippen LogP) is 2.99. The van der Waals surface area contributed by atoms with Gasteiger partial charge in [0, 0.05) is 13.8 Å². The largest absolute Gasteiger partial charge is 0.463 e. The first-order chi connectivity index (χ1) is 27.3. The maximum Gasteiger partial charge on any atom is 0.308 e. The third-order valence-corrected chi connectivity index (χ3v) is 8.75. The van der Waals surface area contributed by atoms with Crippen LogP contribution in [0.25, 0.3) is 0 Å². The minimum absolute atomic E-state index is 0.595. The summed E-state index contributed by atoms with van der Waals surface area (Å²) in [6, 6.07) is 0. The van der Waals surface area contributed by atoms with Crippen molar-refractivity contribution < 1.29 is 90.5 Å². The van der Waals surface area contributed by atoms with E-state index in [0.29, 0.717) is 0 Å². The topological polar surface area (TPSA) is 238 Å². The number of rotatable bonds is 19. The Morgan fingerprint density at radius 1 is 0.458 bits per heavy atom. The van der Waals surface area contributed by atoms with Crippen molar-refractivity contribution in [2.45, 2.75) is 152 Å². The van der Waals surface area contributed by atoms with Crippen molar-refractivity contribution in [2.75, 3.05) is 19.8 Å². The van der Waals surface area contributed by atoms with E-state index in [1.54, 1.807) is 13.8 Å². The van der Waals surface area contributed by atoms with Gasteiger partial charge in [0.1, 0.15) is 32.0 Å². The van der Waals surface area contributed by atoms with Gasteiger partial charge in [-0.15, -0.1) is 0 Å². The molecule has 0 aromatic heterocycles. The molecule has 2 saturated heterocycles. The van der Waals surface area contributed by atoms with Crippen molar-refractivity contribution in [1.29, 1.82) is 0 Å². The summed E-state index contributed by atoms with van der Waals surface area (Å²) < 4.78 is 64.8. The molecule has 19 nitrogen and oxygen atoms in total. The fraction of sp³-hybridized carbons (Fsp3) is 0.800. The van der Waals surface area contributed by atoms with Crippen LogP contribution in [0.5, 0.6) is 0 Å². The van der Waals surface area contributed by atoms with Crippen molar-refractivity contribution in [3.05, 3.63) is 0 Å². The van der Waals surface area contributed by atoms with Gasteiger partial charge in [-0.2, -0.15) is 0 Å². The molecule has 0 radical (unpaired) electrons. The van der Waals surface area contributed by atoms with Crippen LogP contribution in [-0.4, -0.2) is 122 Å². The zero-order chi connectivity index (χ0) is 45.1. The molecule has 9 atom stereocenters. The lowest BCUT2D eigenvalue weighted by Gasteiger charge is -2.47. The second-order valence-corrected chi connectivity index (χ2v) is 16.2. The van der Waals surface area contributed by atoms with E-state index in [-0.39, 0.29) is 0 Å². The Bertz CT molecular complexity index is 1500. The Labute approximate surface area is 345 Å². The number of hydrogen-bond donors (Lipinski definition) is 0. The van der Waals surface area contributed by atoms with E-state index < -0.39 is 158 Å². The molecule has 19 heteroatoms. The van der Waals surface area contributed by atoms with Crippen LogP contribution in [0.3, 0.4) is 0 Å². The molecular formula is C40H62O19. The molecular weight excluding hydrogens is 784 g/mol. The van der Waals surface area contributed by atoms with Crippen molar-refractivity contribution in [3.63, 3.8) is 0 Å². The SMILES string of the molecule is CC(=O)OC[C@H]1O[C@H](OC2(COC(C)=O)O[C@H](COC(=O)C(C)C)[C@@H](OC(=O)C(C)C)[C@@H]2OC(=O)C(C)C)[C@H](OC(=O)C(C)C)[C@@H](OC(=O)C(C)C)[C@@H]1OC(=O)C(C)C. The Kier molecular flexibility index (Phi) is 19.2. The van der Waals surface area contributed by atoms with Gasteiger partial charge in [0.25, 0.3) is 0 Å². The minimum atomic E-state index is -2.54. The van der Waals surface area contributed by atoms with E-state index in [2.05, 4.69) is 0 Å². The highest BCUT2D eigenvalue weighted by molar-refractivity contribution is 5.75. The number of esters is 8. The lowest BCUT2D eigenvalue weighted by molar-refractivity contribution is -0.385. The van der Waals surface area contributed by atoms with Gasteiger partial charge < -0.3 is 52.1 Å². The van der Waals surface area contributed by atoms with E-state index in [0.717, 1.165) is 13.8 Å². The van der Waals surface area contributed by atoms with Gasteiger partial charge in [-0.3, -0.25) is 38.4 Å². The third-order valence-electron chi connectivity index (χ3n) is 8.75. The summed E-state index contributed by atoms with van der Waals surface area (Å²) in [7, 11) is 0. The number of hydrogen-bond acceptors (Lipinski definition) is 19. The molecule has 2 fully saturated rings. The monoisotopic (exact) mass is 846 g/mol. The van der Waals surface area contributed by atoms with Crippen molar-refractivity contribution in [2.24, 2.45) is 35.5 Å². The van der Waals surface area contributed by atoms with E-state index in [4.69, 9.17) is 52.1 Å². The van der Waals surface area contributed by atoms with Gasteiger partial charge in [-0.25, -0.2) is 0 Å². The van der Waals surface area contributed by atoms with Crippen LogP contribution >= 0.6 is 0 Å². The Morgan fingerprint density at radius 3 is 1.29 bits per heavy atom. The highest BCUT2D eigenvalue weighted by atomic mass is 16.8. The van der Waals surface area contributed by atoms with Gasteiger partial charge >= 0.3 is 47.8 Å². The van der Waals surface area contributed by atoms with Crippen LogP contribution in [-0.2, 0) is 90.5 Å². The van der Waals surface area contributed by atoms with Crippen LogP contribution in [0.4, 0.5) is 0 Å². The van der Waals surface area contributed by atoms with Crippen LogP contribution in [0.1, 0.15) is 96.9 Å². The molecule has 336 valence electrons. The van der Waals surface area contributed by atoms with E-state index in [1.165, 1.54) is 69.2 Å². The Hall–Kier alpha value is -4.36. The molecule has 2 aliphatic heterocycles. The highest BCUT2D eigenvalue weighted by Crippen LogP contribution is 2.42. The van der Waals surface area contributed by atoms with Crippen LogP contribution in [0.15, 0.2) is 0 Å². The zero-order valence-corrected chi connectivity index (χ0v) is 36.5. The first-order valence-electron chi connectivity index (χ1n) is 19.8. The fourth-order valence-corrected chi connectivity index (χ4v) is 5.28. The van der Waals surface area contributed by atoms with Gasteiger partial charge in [0.2, 0.25) is 12.1 Å². The first kappa shape index (κ1) is 50.8. The van der Waals surface area contributed by atoms with Gasteiger partial charge in [0.05, 0.1) is 35.5 Å². The van der Waals surface area contributed by atoms with E-state index in [9.17, 15) is 38.4 Å². The molecule has 0 aromatic rings. The molecule has 2 aliphatic rings. The number of carbonyl (C=O) groups excluding carboxylic acids is 8. The summed E-state index contributed by atoms with van der Waals surface area (Å²) in [6.45, 7) is 18.4. The normalized spacial score (nSPS) is 26.8. The zero-order valence-electron chi connectivity index (χ0n) is 36.5. The maximum absolute atomic E-state index is 13.4. The molecule has 0 saturated carbocycles. The first-order valence-corrected chi connectivity index (χ1v) is 19.8. The molecule has 0 spiro atoms. The molecule has 0 bridgehead atoms. The molecule has 1 unspecified atom stereocenters. The van der Waals surface area contributed by atoms with Crippen molar-refractivity contribution in [1.82, 2.24) is 0 Å². The van der Waals surface area contributed by atoms with Crippen molar-refractivity contribution in [3.8, 4) is 0 Å². The Balaban J connectivity index is 3.02. The predicted molar refractivity (Wildman–Crippen MR) is 200 cm³/mol. The summed E-state index contributed by atoms with van der Waals surface area (Å²) in [5.41, 5.74) is 0. The van der Waals surface area contributed by atoms with E-state index >= 15 is 0 Å². The number of carbonyl (C=O) groups is 8. The maximum atomic E-state index is 13.4. The molecule has 0 amide bonds. The standard InChI is InChI=1S/C40H62O19/c1-18(2)33(43)50-16-27-29(54-35(45)20(5)6)32(57-38(48)23(11)12)40(58-27,17-51-25(14)42)59-39-31(56-37(47)22(9)10)30(55-36(46)21(7)8)28(53-34(44)19(3)4)26(52-39)15-49-24(13)41/h18-23,26-32,39H,15-17H2,1-14H3/t26-,27-,28-,29-,30+,31-,32+,39-,40?/m1/s1. The fourth-order valence-electron chi connectivity index (χ4n) is 5.28. The second kappa shape index (κ2) is 22.3. The smallest absolute Gasteiger partial charge is 0.308 e. The van der Waals surface area contributed by atoms with Crippen LogP contribution < -0.4 is 0 Å². The van der Waals surface area contributed by atoms with Gasteiger partial charge in [0.15, 0.2) is 30.5 Å². The average molecular weight is 847 g/mol. The summed E-state index contributed by atoms with van der Waals surface area (Å²) >= 11 is 0. The van der Waals surface area contributed by atoms with Crippen molar-refractivity contribution >= 4 is 47.8 Å². The highest BCUT2D eigenvalue weighted by Gasteiger charge is 2.65. The lowest BCUT2D eigenvalue weighted by atomic mass is 9.97. The molecule has 0 N–H and O–H groups in total. The summed E-state index contributed by atoms with van der Waals surface area (Å²) in [5, 5.41) is 0. The lowest BCUT2D eigenvalue weighted by Crippen LogP contribution is -2.66. The summed E-state index contributed by atoms with van der Waals surface area (Å²) in [6.07, 6.45) is -13.5. The minimum Gasteiger partial charge on any atom is -0.463 e. The van der Waals surface area contributed by atoms with E-state index in [1.807, 2.05) is 0 Å². The molecule has 2 rings (SSSR count). The average Bonchev–Trinajstić information content (AvgIpc) is 3.40. The summed E-state index contributed by atoms with van der Waals surface area (Å²) in [4.78, 5) is 104. The second-order valence-electron chi connectivity index (χ2n) is 16.2. The third kappa shape index (κ3) is 14.4. The molecule has 59 heavy (non-hydrogen) atoms. The summed E-state index contributed by atoms with van der Waals surface area (Å²) in [5.74, 6) is -13.4. The number of ether oxygens (including phenoxy) is 11. The van der Waals surface area contributed by atoms with Crippen LogP contribution in [0, 0.1) is 35.5 Å². The van der Waals surface area contributed by atoms with Gasteiger partial charge in [-0.05, 0) is 0 Å². The Morgan fingerprint density at radius 2 is 0.847 bits per heavy atom. The molecule has 2 heterocycles. The quantitative estimate of drug-likeness (QED) is 0.134. The molecule has 0 aromatic carbocycles. The van der Waals surface area contributed by atoms with Crippen LogP contribution in [0.2, 0.25) is 0 Å². The molecule has 0 aliphatic carbocycles. The van der Waals surface area contributed by atoms with Gasteiger partial charge in [-0.1, -0.05) is 83.1 Å².